The largest absolute Gasteiger partial charge is 0.245 e. The average Bonchev–Trinajstić information content (AvgIpc) is 2.23. The Morgan fingerprint density at radius 3 is 2.43 bits per heavy atom. The minimum Gasteiger partial charge on any atom is -0.245 e. The van der Waals surface area contributed by atoms with Crippen LogP contribution in [-0.2, 0) is 0 Å². The molecule has 0 bridgehead atoms. The second-order valence-corrected chi connectivity index (χ2v) is 4.50. The van der Waals surface area contributed by atoms with Crippen molar-refractivity contribution in [1.82, 2.24) is 9.97 Å². The molecule has 0 spiro atoms. The SMILES string of the molecule is Brc1cnc(Sc2ccccc2)cn1. The van der Waals surface area contributed by atoms with E-state index in [9.17, 15) is 0 Å². The molecule has 14 heavy (non-hydrogen) atoms. The van der Waals surface area contributed by atoms with Crippen LogP contribution in [0.2, 0.25) is 0 Å². The summed E-state index contributed by atoms with van der Waals surface area (Å²) in [7, 11) is 0. The van der Waals surface area contributed by atoms with Crippen LogP contribution in [0.5, 0.6) is 0 Å². The molecular weight excluding hydrogens is 260 g/mol. The van der Waals surface area contributed by atoms with E-state index in [0.717, 1.165) is 9.63 Å². The Hall–Kier alpha value is -0.870. The summed E-state index contributed by atoms with van der Waals surface area (Å²) in [5, 5.41) is 0.902. The number of benzene rings is 1. The lowest BCUT2D eigenvalue weighted by molar-refractivity contribution is 1.03. The number of nitrogens with zero attached hydrogens (tertiary/aromatic N) is 2. The van der Waals surface area contributed by atoms with Gasteiger partial charge >= 0.3 is 0 Å². The predicted octanol–water partition coefficient (Wildman–Crippen LogP) is 3.39. The van der Waals surface area contributed by atoms with E-state index in [4.69, 9.17) is 0 Å². The van der Waals surface area contributed by atoms with E-state index in [2.05, 4.69) is 25.9 Å². The summed E-state index contributed by atoms with van der Waals surface area (Å²) in [5.74, 6) is 0. The summed E-state index contributed by atoms with van der Waals surface area (Å²) in [5.41, 5.74) is 0. The van der Waals surface area contributed by atoms with E-state index < -0.39 is 0 Å². The Kier molecular flexibility index (Phi) is 3.16. The molecule has 0 N–H and O–H groups in total. The molecule has 1 heterocycles. The van der Waals surface area contributed by atoms with Gasteiger partial charge in [-0.25, -0.2) is 9.97 Å². The summed E-state index contributed by atoms with van der Waals surface area (Å²) in [6.07, 6.45) is 3.45. The fourth-order valence-electron chi connectivity index (χ4n) is 0.962. The zero-order valence-corrected chi connectivity index (χ0v) is 9.62. The molecule has 2 rings (SSSR count). The maximum absolute atomic E-state index is 4.23. The molecule has 4 heteroatoms. The summed E-state index contributed by atoms with van der Waals surface area (Å²) >= 11 is 4.85. The van der Waals surface area contributed by atoms with E-state index >= 15 is 0 Å². The number of hydrogen-bond acceptors (Lipinski definition) is 3. The van der Waals surface area contributed by atoms with Crippen molar-refractivity contribution in [3.05, 3.63) is 47.3 Å². The van der Waals surface area contributed by atoms with Gasteiger partial charge in [-0.05, 0) is 28.1 Å². The lowest BCUT2D eigenvalue weighted by Gasteiger charge is -1.99. The predicted molar refractivity (Wildman–Crippen MR) is 60.3 cm³/mol. The van der Waals surface area contributed by atoms with Crippen molar-refractivity contribution in [2.24, 2.45) is 0 Å². The Morgan fingerprint density at radius 1 is 1.00 bits per heavy atom. The van der Waals surface area contributed by atoms with Crippen LogP contribution in [0, 0.1) is 0 Å². The summed E-state index contributed by atoms with van der Waals surface area (Å²) in [6, 6.07) is 10.1. The highest BCUT2D eigenvalue weighted by Crippen LogP contribution is 2.24. The maximum Gasteiger partial charge on any atom is 0.124 e. The van der Waals surface area contributed by atoms with Crippen molar-refractivity contribution in [2.75, 3.05) is 0 Å². The van der Waals surface area contributed by atoms with Gasteiger partial charge in [0.2, 0.25) is 0 Å². The lowest BCUT2D eigenvalue weighted by Crippen LogP contribution is -1.82. The first-order valence-corrected chi connectivity index (χ1v) is 5.66. The highest BCUT2D eigenvalue weighted by molar-refractivity contribution is 9.10. The first-order valence-electron chi connectivity index (χ1n) is 4.05. The molecule has 0 atom stereocenters. The summed E-state index contributed by atoms with van der Waals surface area (Å²) in [4.78, 5) is 9.51. The Morgan fingerprint density at radius 2 is 1.79 bits per heavy atom. The van der Waals surface area contributed by atoms with E-state index in [0.29, 0.717) is 0 Å². The van der Waals surface area contributed by atoms with E-state index in [1.165, 1.54) is 4.90 Å². The van der Waals surface area contributed by atoms with Crippen LogP contribution in [0.25, 0.3) is 0 Å². The maximum atomic E-state index is 4.23. The third kappa shape index (κ3) is 2.56. The second kappa shape index (κ2) is 4.57. The zero-order chi connectivity index (χ0) is 9.80. The molecule has 0 saturated carbocycles. The molecule has 0 radical (unpaired) electrons. The molecule has 0 saturated heterocycles. The van der Waals surface area contributed by atoms with Crippen molar-refractivity contribution < 1.29 is 0 Å². The number of rotatable bonds is 2. The van der Waals surface area contributed by atoms with Crippen LogP contribution < -0.4 is 0 Å². The van der Waals surface area contributed by atoms with E-state index in [1.54, 1.807) is 24.2 Å². The molecule has 1 aromatic carbocycles. The Bertz CT molecular complexity index is 402. The van der Waals surface area contributed by atoms with Gasteiger partial charge in [-0.3, -0.25) is 0 Å². The van der Waals surface area contributed by atoms with Gasteiger partial charge in [0.1, 0.15) is 9.63 Å². The highest BCUT2D eigenvalue weighted by Gasteiger charge is 1.97. The van der Waals surface area contributed by atoms with Crippen LogP contribution in [0.15, 0.2) is 57.3 Å². The fourth-order valence-corrected chi connectivity index (χ4v) is 1.91. The fraction of sp³-hybridized carbons (Fsp3) is 0. The minimum absolute atomic E-state index is 0.759. The molecule has 0 aliphatic heterocycles. The summed E-state index contributed by atoms with van der Waals surface area (Å²) < 4.78 is 0.759. The van der Waals surface area contributed by atoms with Gasteiger partial charge < -0.3 is 0 Å². The topological polar surface area (TPSA) is 25.8 Å². The van der Waals surface area contributed by atoms with Gasteiger partial charge in [-0.1, -0.05) is 30.0 Å². The molecule has 0 amide bonds. The molecule has 1 aromatic heterocycles. The van der Waals surface area contributed by atoms with Crippen molar-refractivity contribution >= 4 is 27.7 Å². The monoisotopic (exact) mass is 266 g/mol. The van der Waals surface area contributed by atoms with Gasteiger partial charge in [0, 0.05) is 4.90 Å². The van der Waals surface area contributed by atoms with Crippen molar-refractivity contribution in [3.8, 4) is 0 Å². The average molecular weight is 267 g/mol. The van der Waals surface area contributed by atoms with Gasteiger partial charge in [0.15, 0.2) is 0 Å². The van der Waals surface area contributed by atoms with Crippen LogP contribution in [0.4, 0.5) is 0 Å². The molecule has 0 aliphatic rings. The molecule has 0 unspecified atom stereocenters. The molecule has 70 valence electrons. The van der Waals surface area contributed by atoms with Crippen LogP contribution in [-0.4, -0.2) is 9.97 Å². The van der Waals surface area contributed by atoms with Gasteiger partial charge in [0.05, 0.1) is 12.4 Å². The van der Waals surface area contributed by atoms with Gasteiger partial charge in [-0.2, -0.15) is 0 Å². The lowest BCUT2D eigenvalue weighted by atomic mass is 10.4. The van der Waals surface area contributed by atoms with Crippen LogP contribution >= 0.6 is 27.7 Å². The Labute approximate surface area is 94.9 Å². The molecule has 2 nitrogen and oxygen atoms in total. The zero-order valence-electron chi connectivity index (χ0n) is 7.22. The van der Waals surface area contributed by atoms with E-state index in [-0.39, 0.29) is 0 Å². The Balaban J connectivity index is 2.16. The number of halogens is 1. The third-order valence-electron chi connectivity index (χ3n) is 1.56. The van der Waals surface area contributed by atoms with Crippen molar-refractivity contribution in [1.29, 1.82) is 0 Å². The van der Waals surface area contributed by atoms with Crippen molar-refractivity contribution in [2.45, 2.75) is 9.92 Å². The minimum atomic E-state index is 0.759. The number of aromatic nitrogens is 2. The second-order valence-electron chi connectivity index (χ2n) is 2.59. The van der Waals surface area contributed by atoms with Crippen LogP contribution in [0.1, 0.15) is 0 Å². The normalized spacial score (nSPS) is 10.1. The van der Waals surface area contributed by atoms with Crippen molar-refractivity contribution in [3.63, 3.8) is 0 Å². The molecule has 0 fully saturated rings. The van der Waals surface area contributed by atoms with Gasteiger partial charge in [-0.15, -0.1) is 0 Å². The first kappa shape index (κ1) is 9.68. The van der Waals surface area contributed by atoms with E-state index in [1.807, 2.05) is 30.3 Å². The van der Waals surface area contributed by atoms with Crippen LogP contribution in [0.3, 0.4) is 0 Å². The number of hydrogen-bond donors (Lipinski definition) is 0. The molecular formula is C10H7BrN2S. The smallest absolute Gasteiger partial charge is 0.124 e. The quantitative estimate of drug-likeness (QED) is 0.834. The highest BCUT2D eigenvalue weighted by atomic mass is 79.9. The first-order chi connectivity index (χ1) is 6.84. The summed E-state index contributed by atoms with van der Waals surface area (Å²) in [6.45, 7) is 0. The third-order valence-corrected chi connectivity index (χ3v) is 2.90. The standard InChI is InChI=1S/C10H7BrN2S/c11-9-6-13-10(7-12-9)14-8-4-2-1-3-5-8/h1-7H. The molecule has 2 aromatic rings. The molecule has 0 aliphatic carbocycles. The van der Waals surface area contributed by atoms with Gasteiger partial charge in [0.25, 0.3) is 0 Å².